The summed E-state index contributed by atoms with van der Waals surface area (Å²) in [5.41, 5.74) is 1.16. The molecule has 0 amide bonds. The van der Waals surface area contributed by atoms with E-state index in [1.54, 1.807) is 7.11 Å². The van der Waals surface area contributed by atoms with Crippen LogP contribution >= 0.6 is 0 Å². The Morgan fingerprint density at radius 1 is 1.07 bits per heavy atom. The van der Waals surface area contributed by atoms with Crippen LogP contribution in [0, 0.1) is 0 Å². The SMILES string of the molecule is [B]C(C)c1ccc2cc(OC)ccc2c1. The Balaban J connectivity index is 2.55. The maximum absolute atomic E-state index is 5.84. The molecule has 2 heteroatoms. The standard InChI is InChI=1S/C13H13BO/c1-9(14)10-3-4-12-8-13(15-2)6-5-11(12)7-10/h3-9H,1-2H3. The lowest BCUT2D eigenvalue weighted by molar-refractivity contribution is 0.415. The van der Waals surface area contributed by atoms with E-state index in [2.05, 4.69) is 24.3 Å². The normalized spacial score (nSPS) is 12.7. The topological polar surface area (TPSA) is 9.23 Å². The molecule has 15 heavy (non-hydrogen) atoms. The molecule has 1 nitrogen and oxygen atoms in total. The zero-order valence-corrected chi connectivity index (χ0v) is 9.03. The van der Waals surface area contributed by atoms with E-state index in [0.29, 0.717) is 0 Å². The quantitative estimate of drug-likeness (QED) is 0.670. The zero-order valence-electron chi connectivity index (χ0n) is 9.03. The number of hydrogen-bond donors (Lipinski definition) is 0. The minimum Gasteiger partial charge on any atom is -0.497 e. The maximum Gasteiger partial charge on any atom is 0.119 e. The lowest BCUT2D eigenvalue weighted by Gasteiger charge is -2.08. The van der Waals surface area contributed by atoms with Crippen molar-refractivity contribution in [1.82, 2.24) is 0 Å². The monoisotopic (exact) mass is 196 g/mol. The van der Waals surface area contributed by atoms with Gasteiger partial charge in [-0.3, -0.25) is 0 Å². The maximum atomic E-state index is 5.84. The van der Waals surface area contributed by atoms with Gasteiger partial charge in [0.15, 0.2) is 0 Å². The summed E-state index contributed by atoms with van der Waals surface area (Å²) in [7, 11) is 7.51. The fourth-order valence-corrected chi connectivity index (χ4v) is 1.65. The molecule has 2 rings (SSSR count). The van der Waals surface area contributed by atoms with E-state index < -0.39 is 0 Å². The molecule has 0 N–H and O–H groups in total. The summed E-state index contributed by atoms with van der Waals surface area (Å²) in [5, 5.41) is 2.38. The van der Waals surface area contributed by atoms with Gasteiger partial charge in [-0.25, -0.2) is 0 Å². The molecule has 0 aromatic heterocycles. The van der Waals surface area contributed by atoms with Gasteiger partial charge in [0, 0.05) is 0 Å². The highest BCUT2D eigenvalue weighted by molar-refractivity contribution is 6.12. The second-order valence-electron chi connectivity index (χ2n) is 3.76. The molecule has 0 saturated carbocycles. The number of benzene rings is 2. The summed E-state index contributed by atoms with van der Waals surface area (Å²) in [6.45, 7) is 1.99. The highest BCUT2D eigenvalue weighted by atomic mass is 16.5. The molecule has 74 valence electrons. The van der Waals surface area contributed by atoms with Crippen molar-refractivity contribution in [3.63, 3.8) is 0 Å². The molecule has 2 aromatic carbocycles. The van der Waals surface area contributed by atoms with E-state index in [1.165, 1.54) is 10.8 Å². The fraction of sp³-hybridized carbons (Fsp3) is 0.231. The van der Waals surface area contributed by atoms with Crippen LogP contribution in [0.15, 0.2) is 36.4 Å². The third-order valence-electron chi connectivity index (χ3n) is 2.60. The van der Waals surface area contributed by atoms with Crippen molar-refractivity contribution < 1.29 is 4.74 Å². The van der Waals surface area contributed by atoms with E-state index in [9.17, 15) is 0 Å². The molecule has 0 aliphatic heterocycles. The van der Waals surface area contributed by atoms with Gasteiger partial charge in [-0.1, -0.05) is 42.6 Å². The molecule has 0 saturated heterocycles. The number of ether oxygens (including phenoxy) is 1. The predicted octanol–water partition coefficient (Wildman–Crippen LogP) is 3.08. The summed E-state index contributed by atoms with van der Waals surface area (Å²) in [4.78, 5) is 0. The molecule has 2 radical (unpaired) electrons. The predicted molar refractivity (Wildman–Crippen MR) is 64.7 cm³/mol. The average molecular weight is 196 g/mol. The summed E-state index contributed by atoms with van der Waals surface area (Å²) in [5.74, 6) is 0.965. The van der Waals surface area contributed by atoms with Crippen LogP contribution in [0.5, 0.6) is 5.75 Å². The second kappa shape index (κ2) is 3.97. The summed E-state index contributed by atoms with van der Waals surface area (Å²) >= 11 is 0. The number of fused-ring (bicyclic) bond motifs is 1. The highest BCUT2D eigenvalue weighted by Crippen LogP contribution is 2.23. The van der Waals surface area contributed by atoms with E-state index in [0.717, 1.165) is 11.3 Å². The fourth-order valence-electron chi connectivity index (χ4n) is 1.65. The van der Waals surface area contributed by atoms with Crippen molar-refractivity contribution in [1.29, 1.82) is 0 Å². The summed E-state index contributed by atoms with van der Waals surface area (Å²) in [6.07, 6.45) is 0. The molecule has 0 aliphatic carbocycles. The number of rotatable bonds is 2. The average Bonchev–Trinajstić information content (AvgIpc) is 2.27. The summed E-state index contributed by atoms with van der Waals surface area (Å²) < 4.78 is 5.18. The summed E-state index contributed by atoms with van der Waals surface area (Å²) in [6, 6.07) is 12.3. The van der Waals surface area contributed by atoms with Gasteiger partial charge in [-0.2, -0.15) is 0 Å². The van der Waals surface area contributed by atoms with Crippen LogP contribution in [-0.2, 0) is 0 Å². The second-order valence-corrected chi connectivity index (χ2v) is 3.76. The van der Waals surface area contributed by atoms with E-state index in [4.69, 9.17) is 12.6 Å². The first-order valence-electron chi connectivity index (χ1n) is 5.04. The minimum atomic E-state index is 0.0801. The van der Waals surface area contributed by atoms with Crippen LogP contribution in [0.1, 0.15) is 18.3 Å². The van der Waals surface area contributed by atoms with Gasteiger partial charge < -0.3 is 4.74 Å². The Labute approximate surface area is 91.5 Å². The molecule has 0 aliphatic rings. The molecule has 2 aromatic rings. The van der Waals surface area contributed by atoms with Gasteiger partial charge in [0.05, 0.1) is 15.0 Å². The van der Waals surface area contributed by atoms with Crippen LogP contribution < -0.4 is 4.74 Å². The molecule has 1 unspecified atom stereocenters. The first-order chi connectivity index (χ1) is 7.20. The van der Waals surface area contributed by atoms with Crippen molar-refractivity contribution in [3.05, 3.63) is 42.0 Å². The van der Waals surface area contributed by atoms with Crippen LogP contribution in [-0.4, -0.2) is 15.0 Å². The van der Waals surface area contributed by atoms with Crippen LogP contribution in [0.3, 0.4) is 0 Å². The van der Waals surface area contributed by atoms with E-state index in [-0.39, 0.29) is 5.82 Å². The van der Waals surface area contributed by atoms with Crippen LogP contribution in [0.2, 0.25) is 0 Å². The van der Waals surface area contributed by atoms with Gasteiger partial charge in [0.2, 0.25) is 0 Å². The third kappa shape index (κ3) is 1.99. The van der Waals surface area contributed by atoms with Crippen molar-refractivity contribution in [3.8, 4) is 5.75 Å². The van der Waals surface area contributed by atoms with Crippen LogP contribution in [0.25, 0.3) is 10.8 Å². The molecular formula is C13H13BO. The molecule has 1 atom stereocenters. The molecule has 0 fully saturated rings. The molecule has 0 heterocycles. The van der Waals surface area contributed by atoms with Crippen molar-refractivity contribution in [2.75, 3.05) is 7.11 Å². The van der Waals surface area contributed by atoms with Gasteiger partial charge >= 0.3 is 0 Å². The van der Waals surface area contributed by atoms with Crippen LogP contribution in [0.4, 0.5) is 0 Å². The van der Waals surface area contributed by atoms with Crippen molar-refractivity contribution in [2.24, 2.45) is 0 Å². The van der Waals surface area contributed by atoms with Crippen molar-refractivity contribution >= 4 is 18.6 Å². The van der Waals surface area contributed by atoms with Gasteiger partial charge in [0.25, 0.3) is 0 Å². The Bertz CT molecular complexity index is 477. The Morgan fingerprint density at radius 2 is 1.73 bits per heavy atom. The molecular weight excluding hydrogens is 183 g/mol. The minimum absolute atomic E-state index is 0.0801. The van der Waals surface area contributed by atoms with Gasteiger partial charge in [-0.05, 0) is 22.9 Å². The lowest BCUT2D eigenvalue weighted by Crippen LogP contribution is -1.91. The lowest BCUT2D eigenvalue weighted by atomic mass is 9.82. The molecule has 0 spiro atoms. The number of hydrogen-bond acceptors (Lipinski definition) is 1. The largest absolute Gasteiger partial charge is 0.497 e. The Morgan fingerprint density at radius 3 is 2.40 bits per heavy atom. The molecule has 0 bridgehead atoms. The first-order valence-corrected chi connectivity index (χ1v) is 5.04. The first kappa shape index (κ1) is 10.1. The highest BCUT2D eigenvalue weighted by Gasteiger charge is 2.01. The van der Waals surface area contributed by atoms with Gasteiger partial charge in [-0.15, -0.1) is 0 Å². The van der Waals surface area contributed by atoms with E-state index >= 15 is 0 Å². The Kier molecular flexibility index (Phi) is 2.67. The third-order valence-corrected chi connectivity index (χ3v) is 2.60. The van der Waals surface area contributed by atoms with Gasteiger partial charge in [0.1, 0.15) is 5.75 Å². The zero-order chi connectivity index (χ0) is 10.8. The Hall–Kier alpha value is -1.44. The van der Waals surface area contributed by atoms with E-state index in [1.807, 2.05) is 19.1 Å². The number of methoxy groups -OCH3 is 1. The van der Waals surface area contributed by atoms with Crippen molar-refractivity contribution in [2.45, 2.75) is 12.7 Å². The smallest absolute Gasteiger partial charge is 0.119 e.